The van der Waals surface area contributed by atoms with E-state index in [-0.39, 0.29) is 6.10 Å². The van der Waals surface area contributed by atoms with Gasteiger partial charge in [0.15, 0.2) is 0 Å². The van der Waals surface area contributed by atoms with Crippen molar-refractivity contribution in [2.24, 2.45) is 11.8 Å². The van der Waals surface area contributed by atoms with Crippen LogP contribution in [0.1, 0.15) is 47.4 Å². The van der Waals surface area contributed by atoms with Crippen molar-refractivity contribution >= 4 is 0 Å². The molecule has 5 heteroatoms. The van der Waals surface area contributed by atoms with Gasteiger partial charge >= 0.3 is 0 Å². The molecule has 2 fully saturated rings. The lowest BCUT2D eigenvalue weighted by Crippen LogP contribution is -2.31. The van der Waals surface area contributed by atoms with E-state index in [1.165, 1.54) is 24.0 Å². The third-order valence-corrected chi connectivity index (χ3v) is 6.44. The highest BCUT2D eigenvalue weighted by Gasteiger charge is 2.39. The van der Waals surface area contributed by atoms with E-state index < -0.39 is 0 Å². The normalized spacial score (nSPS) is 25.6. The molecule has 1 aromatic carbocycles. The maximum atomic E-state index is 10.3. The molecule has 1 saturated heterocycles. The summed E-state index contributed by atoms with van der Waals surface area (Å²) in [6.07, 6.45) is 4.05. The van der Waals surface area contributed by atoms with E-state index in [1.54, 1.807) is 7.11 Å². The predicted octanol–water partition coefficient (Wildman–Crippen LogP) is 3.48. The quantitative estimate of drug-likeness (QED) is 0.873. The van der Waals surface area contributed by atoms with Crippen LogP contribution in [0.25, 0.3) is 0 Å². The zero-order chi connectivity index (χ0) is 19.0. The molecule has 0 bridgehead atoms. The summed E-state index contributed by atoms with van der Waals surface area (Å²) >= 11 is 0. The minimum absolute atomic E-state index is 0.111. The first-order valence-corrected chi connectivity index (χ1v) is 10.0. The van der Waals surface area contributed by atoms with Crippen LogP contribution in [0.3, 0.4) is 0 Å². The Hall–Kier alpha value is -1.85. The van der Waals surface area contributed by atoms with Crippen LogP contribution in [-0.4, -0.2) is 41.5 Å². The molecule has 146 valence electrons. The van der Waals surface area contributed by atoms with Crippen LogP contribution in [0, 0.1) is 25.7 Å². The maximum Gasteiger partial charge on any atom is 0.137 e. The number of aryl methyl sites for hydroxylation is 2. The molecule has 4 rings (SSSR count). The van der Waals surface area contributed by atoms with Gasteiger partial charge in [-0.05, 0) is 49.8 Å². The number of aliphatic hydroxyl groups excluding tert-OH is 1. The van der Waals surface area contributed by atoms with Crippen LogP contribution in [0.2, 0.25) is 0 Å². The van der Waals surface area contributed by atoms with Gasteiger partial charge in [-0.3, -0.25) is 4.90 Å². The standard InChI is InChI=1S/C22H30N2O3/c1-14-19(15(2)27-23-14)10-18-9-16(7-8-22(18)26-3)11-24-12-17-5-4-6-21(25)20(17)13-24/h7-9,17,20-21,25H,4-6,10-13H2,1-3H3/t17-,20+,21-/m1/s1. The van der Waals surface area contributed by atoms with Crippen molar-refractivity contribution in [2.45, 2.75) is 52.2 Å². The topological polar surface area (TPSA) is 58.7 Å². The molecule has 2 heterocycles. The van der Waals surface area contributed by atoms with Gasteiger partial charge in [0.2, 0.25) is 0 Å². The highest BCUT2D eigenvalue weighted by Crippen LogP contribution is 2.37. The molecular weight excluding hydrogens is 340 g/mol. The molecule has 1 aromatic heterocycles. The van der Waals surface area contributed by atoms with Crippen LogP contribution in [0.5, 0.6) is 5.75 Å². The monoisotopic (exact) mass is 370 g/mol. The lowest BCUT2D eigenvalue weighted by atomic mass is 9.80. The minimum Gasteiger partial charge on any atom is -0.496 e. The molecular formula is C22H30N2O3. The summed E-state index contributed by atoms with van der Waals surface area (Å²) in [7, 11) is 1.72. The molecule has 0 amide bonds. The number of aliphatic hydroxyl groups is 1. The Bertz CT molecular complexity index is 781. The zero-order valence-electron chi connectivity index (χ0n) is 16.6. The van der Waals surface area contributed by atoms with Crippen molar-refractivity contribution in [3.63, 3.8) is 0 Å². The molecule has 5 nitrogen and oxygen atoms in total. The average Bonchev–Trinajstić information content (AvgIpc) is 3.21. The summed E-state index contributed by atoms with van der Waals surface area (Å²) in [5.41, 5.74) is 4.55. The fourth-order valence-electron chi connectivity index (χ4n) is 4.93. The molecule has 1 saturated carbocycles. The van der Waals surface area contributed by atoms with Gasteiger partial charge in [-0.1, -0.05) is 23.7 Å². The van der Waals surface area contributed by atoms with Crippen molar-refractivity contribution in [3.8, 4) is 5.75 Å². The van der Waals surface area contributed by atoms with E-state index in [2.05, 4.69) is 28.3 Å². The Balaban J connectivity index is 1.51. The van der Waals surface area contributed by atoms with E-state index in [0.717, 1.165) is 55.2 Å². The Morgan fingerprint density at radius 2 is 2.11 bits per heavy atom. The summed E-state index contributed by atoms with van der Waals surface area (Å²) in [4.78, 5) is 2.51. The summed E-state index contributed by atoms with van der Waals surface area (Å²) in [5, 5.41) is 14.4. The van der Waals surface area contributed by atoms with Crippen LogP contribution < -0.4 is 4.74 Å². The van der Waals surface area contributed by atoms with Gasteiger partial charge in [-0.25, -0.2) is 0 Å². The first kappa shape index (κ1) is 18.5. The molecule has 1 aliphatic heterocycles. The molecule has 0 spiro atoms. The zero-order valence-corrected chi connectivity index (χ0v) is 16.6. The van der Waals surface area contributed by atoms with E-state index in [0.29, 0.717) is 11.8 Å². The van der Waals surface area contributed by atoms with E-state index in [1.807, 2.05) is 13.8 Å². The fourth-order valence-corrected chi connectivity index (χ4v) is 4.93. The van der Waals surface area contributed by atoms with Gasteiger partial charge < -0.3 is 14.4 Å². The summed E-state index contributed by atoms with van der Waals surface area (Å²) in [5.74, 6) is 2.90. The van der Waals surface area contributed by atoms with Crippen LogP contribution in [0.4, 0.5) is 0 Å². The van der Waals surface area contributed by atoms with Gasteiger partial charge in [0.1, 0.15) is 11.5 Å². The van der Waals surface area contributed by atoms with Crippen molar-refractivity contribution in [2.75, 3.05) is 20.2 Å². The van der Waals surface area contributed by atoms with Gasteiger partial charge in [0, 0.05) is 37.5 Å². The average molecular weight is 370 g/mol. The number of hydrogen-bond donors (Lipinski definition) is 1. The first-order chi connectivity index (χ1) is 13.0. The van der Waals surface area contributed by atoms with Crippen molar-refractivity contribution in [1.29, 1.82) is 0 Å². The Kier molecular flexibility index (Phi) is 5.24. The van der Waals surface area contributed by atoms with Gasteiger partial charge in [-0.15, -0.1) is 0 Å². The first-order valence-electron chi connectivity index (χ1n) is 10.0. The van der Waals surface area contributed by atoms with Gasteiger partial charge in [0.25, 0.3) is 0 Å². The summed E-state index contributed by atoms with van der Waals surface area (Å²) in [6, 6.07) is 6.48. The number of hydrogen-bond acceptors (Lipinski definition) is 5. The van der Waals surface area contributed by atoms with E-state index in [9.17, 15) is 5.11 Å². The highest BCUT2D eigenvalue weighted by atomic mass is 16.5. The lowest BCUT2D eigenvalue weighted by Gasteiger charge is -2.28. The summed E-state index contributed by atoms with van der Waals surface area (Å²) in [6.45, 7) is 6.99. The van der Waals surface area contributed by atoms with Gasteiger partial charge in [0.05, 0.1) is 18.9 Å². The molecule has 3 atom stereocenters. The van der Waals surface area contributed by atoms with Crippen LogP contribution >= 0.6 is 0 Å². The van der Waals surface area contributed by atoms with Crippen LogP contribution in [-0.2, 0) is 13.0 Å². The predicted molar refractivity (Wildman–Crippen MR) is 104 cm³/mol. The van der Waals surface area contributed by atoms with Crippen LogP contribution in [0.15, 0.2) is 22.7 Å². The van der Waals surface area contributed by atoms with Gasteiger partial charge in [-0.2, -0.15) is 0 Å². The SMILES string of the molecule is COc1ccc(CN2C[C@H]3CCC[C@@H](O)[C@H]3C2)cc1Cc1c(C)noc1C. The highest BCUT2D eigenvalue weighted by molar-refractivity contribution is 5.42. The third kappa shape index (κ3) is 3.76. The number of ether oxygens (including phenoxy) is 1. The van der Waals surface area contributed by atoms with E-state index >= 15 is 0 Å². The van der Waals surface area contributed by atoms with Crippen molar-refractivity contribution < 1.29 is 14.4 Å². The second-order valence-corrected chi connectivity index (χ2v) is 8.24. The number of aromatic nitrogens is 1. The fraction of sp³-hybridized carbons (Fsp3) is 0.591. The smallest absolute Gasteiger partial charge is 0.137 e. The maximum absolute atomic E-state index is 10.3. The number of nitrogens with zero attached hydrogens (tertiary/aromatic N) is 2. The number of methoxy groups -OCH3 is 1. The van der Waals surface area contributed by atoms with Crippen molar-refractivity contribution in [1.82, 2.24) is 10.1 Å². The van der Waals surface area contributed by atoms with E-state index in [4.69, 9.17) is 9.26 Å². The Morgan fingerprint density at radius 1 is 1.26 bits per heavy atom. The minimum atomic E-state index is -0.111. The molecule has 2 aromatic rings. The second kappa shape index (κ2) is 7.64. The molecule has 2 aliphatic rings. The number of rotatable bonds is 5. The molecule has 1 N–H and O–H groups in total. The molecule has 1 aliphatic carbocycles. The Morgan fingerprint density at radius 3 is 2.81 bits per heavy atom. The van der Waals surface area contributed by atoms with Crippen molar-refractivity contribution in [3.05, 3.63) is 46.3 Å². The largest absolute Gasteiger partial charge is 0.496 e. The lowest BCUT2D eigenvalue weighted by molar-refractivity contribution is 0.0547. The number of likely N-dealkylation sites (tertiary alicyclic amines) is 1. The third-order valence-electron chi connectivity index (χ3n) is 6.44. The number of benzene rings is 1. The molecule has 0 unspecified atom stereocenters. The molecule has 27 heavy (non-hydrogen) atoms. The summed E-state index contributed by atoms with van der Waals surface area (Å²) < 4.78 is 10.9. The second-order valence-electron chi connectivity index (χ2n) is 8.24. The molecule has 0 radical (unpaired) electrons. The number of fused-ring (bicyclic) bond motifs is 1. The Labute approximate surface area is 161 Å².